The minimum absolute atomic E-state index is 0.275. The molecule has 4 nitrogen and oxygen atoms in total. The third kappa shape index (κ3) is 8.44. The van der Waals surface area contributed by atoms with Gasteiger partial charge in [0.15, 0.2) is 0 Å². The van der Waals surface area contributed by atoms with Crippen molar-refractivity contribution in [2.75, 3.05) is 4.90 Å². The first kappa shape index (κ1) is 52.4. The minimum Gasteiger partial charge on any atom is -0.310 e. The Morgan fingerprint density at radius 3 is 1.01 bits per heavy atom. The summed E-state index contributed by atoms with van der Waals surface area (Å²) in [7, 11) is 0. The first-order valence-corrected chi connectivity index (χ1v) is 31.6. The van der Waals surface area contributed by atoms with Crippen molar-refractivity contribution in [3.05, 3.63) is 339 Å². The number of fused-ring (bicyclic) bond motifs is 12. The van der Waals surface area contributed by atoms with E-state index in [0.717, 1.165) is 39.6 Å². The molecule has 4 heteroatoms. The lowest BCUT2D eigenvalue weighted by molar-refractivity contribution is 0.660. The largest absolute Gasteiger partial charge is 0.310 e. The van der Waals surface area contributed by atoms with E-state index < -0.39 is 0 Å². The maximum atomic E-state index is 2.45. The van der Waals surface area contributed by atoms with Crippen LogP contribution in [-0.2, 0) is 5.41 Å². The summed E-state index contributed by atoms with van der Waals surface area (Å²) in [6.07, 6.45) is 0. The Labute approximate surface area is 528 Å². The van der Waals surface area contributed by atoms with Gasteiger partial charge in [-0.25, -0.2) is 0 Å². The van der Waals surface area contributed by atoms with Gasteiger partial charge in [0.25, 0.3) is 0 Å². The molecule has 0 saturated heterocycles. The van der Waals surface area contributed by atoms with Crippen LogP contribution in [0.1, 0.15) is 25.0 Å². The van der Waals surface area contributed by atoms with Gasteiger partial charge in [-0.1, -0.05) is 220 Å². The zero-order chi connectivity index (χ0) is 60.3. The van der Waals surface area contributed by atoms with Crippen LogP contribution in [0.15, 0.2) is 328 Å². The fourth-order valence-corrected chi connectivity index (χ4v) is 15.0. The summed E-state index contributed by atoms with van der Waals surface area (Å²) in [5, 5.41) is 7.52. The standard InChI is InChI=1S/C87H60N4/c1-87(2)79-53-62(61-41-51-84-78(52-61)75-26-14-17-29-83(75)89(84)65-18-6-3-7-19-65)38-47-71(79)72-50-46-70(56-80(72)87)88(69-44-36-60(37-45-69)64-40-49-77-74-25-13-16-28-82(74)91(86(77)55-64)67-22-10-5-11-23-67)68-42-34-58(35-43-68)57-30-32-59(33-31-57)63-39-48-76-73-24-12-15-27-81(73)90(85(76)54-63)66-20-8-4-9-21-66/h3-56H,1-2H3. The van der Waals surface area contributed by atoms with Crippen LogP contribution in [0.3, 0.4) is 0 Å². The molecule has 0 fully saturated rings. The quantitative estimate of drug-likeness (QED) is 0.133. The van der Waals surface area contributed by atoms with Crippen LogP contribution in [0.25, 0.3) is 138 Å². The lowest BCUT2D eigenvalue weighted by Crippen LogP contribution is -2.16. The van der Waals surface area contributed by atoms with Gasteiger partial charge in [0, 0.05) is 71.9 Å². The predicted octanol–water partition coefficient (Wildman–Crippen LogP) is 23.4. The molecule has 1 aliphatic rings. The fourth-order valence-electron chi connectivity index (χ4n) is 15.0. The molecule has 428 valence electrons. The zero-order valence-corrected chi connectivity index (χ0v) is 50.5. The van der Waals surface area contributed by atoms with E-state index >= 15 is 0 Å². The van der Waals surface area contributed by atoms with E-state index in [4.69, 9.17) is 0 Å². The number of hydrogen-bond acceptors (Lipinski definition) is 1. The predicted molar refractivity (Wildman–Crippen MR) is 383 cm³/mol. The van der Waals surface area contributed by atoms with Gasteiger partial charge < -0.3 is 18.6 Å². The molecule has 91 heavy (non-hydrogen) atoms. The average molecular weight is 1160 g/mol. The van der Waals surface area contributed by atoms with E-state index in [1.165, 1.54) is 127 Å². The number of benzene rings is 14. The number of aromatic nitrogens is 3. The average Bonchev–Trinajstić information content (AvgIpc) is 1.66. The van der Waals surface area contributed by atoms with Gasteiger partial charge in [-0.3, -0.25) is 0 Å². The number of anilines is 3. The minimum atomic E-state index is -0.275. The Balaban J connectivity index is 0.704. The molecule has 0 unspecified atom stereocenters. The maximum Gasteiger partial charge on any atom is 0.0547 e. The van der Waals surface area contributed by atoms with Crippen molar-refractivity contribution in [2.24, 2.45) is 0 Å². The van der Waals surface area contributed by atoms with Crippen LogP contribution < -0.4 is 4.90 Å². The van der Waals surface area contributed by atoms with Gasteiger partial charge in [0.2, 0.25) is 0 Å². The molecule has 0 N–H and O–H groups in total. The Morgan fingerprint density at radius 1 is 0.220 bits per heavy atom. The summed E-state index contributed by atoms with van der Waals surface area (Å²) >= 11 is 0. The normalized spacial score (nSPS) is 12.6. The third-order valence-corrected chi connectivity index (χ3v) is 19.5. The smallest absolute Gasteiger partial charge is 0.0547 e. The molecule has 0 aliphatic heterocycles. The van der Waals surface area contributed by atoms with Crippen LogP contribution in [0.2, 0.25) is 0 Å². The summed E-state index contributed by atoms with van der Waals surface area (Å²) in [5.74, 6) is 0. The van der Waals surface area contributed by atoms with Gasteiger partial charge in [0.1, 0.15) is 0 Å². The van der Waals surface area contributed by atoms with Crippen molar-refractivity contribution in [2.45, 2.75) is 19.3 Å². The molecular formula is C87H60N4. The second kappa shape index (κ2) is 20.7. The van der Waals surface area contributed by atoms with Crippen LogP contribution in [0.5, 0.6) is 0 Å². The van der Waals surface area contributed by atoms with Crippen molar-refractivity contribution in [3.63, 3.8) is 0 Å². The highest BCUT2D eigenvalue weighted by atomic mass is 15.1. The Morgan fingerprint density at radius 2 is 0.527 bits per heavy atom. The molecule has 0 bridgehead atoms. The SMILES string of the molecule is CC1(C)c2cc(-c3ccc4c(c3)c3ccccc3n4-c3ccccc3)ccc2-c2ccc(N(c3ccc(-c4ccc(-c5ccc6c7ccccc7n(-c7ccccc7)c6c5)cc4)cc3)c3ccc(-c4ccc5c6ccccc6n(-c6ccccc6)c5c4)cc3)cc21. The monoisotopic (exact) mass is 1160 g/mol. The fraction of sp³-hybridized carbons (Fsp3) is 0.0345. The van der Waals surface area contributed by atoms with E-state index in [-0.39, 0.29) is 5.41 Å². The highest BCUT2D eigenvalue weighted by Crippen LogP contribution is 2.52. The Kier molecular flexibility index (Phi) is 11.9. The van der Waals surface area contributed by atoms with Gasteiger partial charge in [0.05, 0.1) is 33.1 Å². The third-order valence-electron chi connectivity index (χ3n) is 19.5. The van der Waals surface area contributed by atoms with Crippen LogP contribution in [0.4, 0.5) is 17.1 Å². The molecule has 14 aromatic carbocycles. The molecule has 0 amide bonds. The highest BCUT2D eigenvalue weighted by Gasteiger charge is 2.36. The molecule has 18 rings (SSSR count). The van der Waals surface area contributed by atoms with Crippen molar-refractivity contribution in [1.29, 1.82) is 0 Å². The van der Waals surface area contributed by atoms with E-state index in [1.807, 2.05) is 0 Å². The zero-order valence-electron chi connectivity index (χ0n) is 50.5. The van der Waals surface area contributed by atoms with E-state index in [9.17, 15) is 0 Å². The van der Waals surface area contributed by atoms with E-state index in [0.29, 0.717) is 0 Å². The number of nitrogens with zero attached hydrogens (tertiary/aromatic N) is 4. The maximum absolute atomic E-state index is 2.45. The summed E-state index contributed by atoms with van der Waals surface area (Å²) in [6.45, 7) is 4.80. The molecule has 17 aromatic rings. The Bertz CT molecular complexity index is 5690. The molecule has 0 radical (unpaired) electrons. The number of para-hydroxylation sites is 6. The molecule has 3 aromatic heterocycles. The first-order valence-electron chi connectivity index (χ1n) is 31.6. The van der Waals surface area contributed by atoms with Gasteiger partial charge >= 0.3 is 0 Å². The second-order valence-corrected chi connectivity index (χ2v) is 24.9. The molecule has 3 heterocycles. The number of hydrogen-bond donors (Lipinski definition) is 0. The molecular weight excluding hydrogens is 1100 g/mol. The summed E-state index contributed by atoms with van der Waals surface area (Å²) in [4.78, 5) is 2.43. The molecule has 0 atom stereocenters. The second-order valence-electron chi connectivity index (χ2n) is 24.9. The van der Waals surface area contributed by atoms with Crippen molar-refractivity contribution >= 4 is 82.5 Å². The lowest BCUT2D eigenvalue weighted by Gasteiger charge is -2.28. The first-order chi connectivity index (χ1) is 44.9. The molecule has 0 spiro atoms. The topological polar surface area (TPSA) is 18.0 Å². The Hall–Kier alpha value is -11.7. The van der Waals surface area contributed by atoms with E-state index in [1.54, 1.807) is 0 Å². The van der Waals surface area contributed by atoms with Crippen molar-refractivity contribution in [3.8, 4) is 72.7 Å². The highest BCUT2D eigenvalue weighted by molar-refractivity contribution is 6.13. The van der Waals surface area contributed by atoms with Gasteiger partial charge in [-0.15, -0.1) is 0 Å². The van der Waals surface area contributed by atoms with Crippen LogP contribution in [0, 0.1) is 0 Å². The van der Waals surface area contributed by atoms with Crippen LogP contribution in [-0.4, -0.2) is 13.7 Å². The summed E-state index contributed by atoms with van der Waals surface area (Å²) < 4.78 is 7.18. The summed E-state index contributed by atoms with van der Waals surface area (Å²) in [5.41, 5.74) is 28.4. The lowest BCUT2D eigenvalue weighted by atomic mass is 9.81. The molecule has 0 saturated carbocycles. The van der Waals surface area contributed by atoms with Gasteiger partial charge in [-0.05, 0) is 188 Å². The van der Waals surface area contributed by atoms with Crippen molar-refractivity contribution in [1.82, 2.24) is 13.7 Å². The van der Waals surface area contributed by atoms with Crippen molar-refractivity contribution < 1.29 is 0 Å². The number of rotatable bonds is 10. The molecule has 1 aliphatic carbocycles. The van der Waals surface area contributed by atoms with E-state index in [2.05, 4.69) is 360 Å². The van der Waals surface area contributed by atoms with Gasteiger partial charge in [-0.2, -0.15) is 0 Å². The van der Waals surface area contributed by atoms with Crippen LogP contribution >= 0.6 is 0 Å². The summed E-state index contributed by atoms with van der Waals surface area (Å²) in [6, 6.07) is 121.